The predicted octanol–water partition coefficient (Wildman–Crippen LogP) is 2.19. The molecule has 10 heteroatoms. The fourth-order valence-corrected chi connectivity index (χ4v) is 2.57. The van der Waals surface area contributed by atoms with Gasteiger partial charge in [0.1, 0.15) is 0 Å². The summed E-state index contributed by atoms with van der Waals surface area (Å²) in [5.41, 5.74) is 7.04. The zero-order chi connectivity index (χ0) is 19.3. The van der Waals surface area contributed by atoms with Crippen LogP contribution in [0.3, 0.4) is 0 Å². The highest BCUT2D eigenvalue weighted by Gasteiger charge is 2.20. The van der Waals surface area contributed by atoms with Gasteiger partial charge in [0.25, 0.3) is 5.91 Å². The molecule has 0 unspecified atom stereocenters. The van der Waals surface area contributed by atoms with Gasteiger partial charge in [0, 0.05) is 24.3 Å². The topological polar surface area (TPSA) is 102 Å². The van der Waals surface area contributed by atoms with E-state index >= 15 is 0 Å². The van der Waals surface area contributed by atoms with Gasteiger partial charge in [-0.05, 0) is 26.0 Å². The minimum Gasteiger partial charge on any atom is -0.351 e. The number of aromatic nitrogens is 2. The lowest BCUT2D eigenvalue weighted by atomic mass is 10.1. The third-order valence-electron chi connectivity index (χ3n) is 3.87. The van der Waals surface area contributed by atoms with Gasteiger partial charge in [-0.25, -0.2) is 4.68 Å². The summed E-state index contributed by atoms with van der Waals surface area (Å²) in [6.07, 6.45) is -0.122. The van der Waals surface area contributed by atoms with Gasteiger partial charge in [-0.15, -0.1) is 12.4 Å². The predicted molar refractivity (Wildman–Crippen MR) is 100 cm³/mol. The molecule has 27 heavy (non-hydrogen) atoms. The van der Waals surface area contributed by atoms with Crippen LogP contribution in [0.15, 0.2) is 24.3 Å². The molecule has 1 heterocycles. The van der Waals surface area contributed by atoms with Gasteiger partial charge in [-0.1, -0.05) is 12.1 Å². The van der Waals surface area contributed by atoms with Crippen LogP contribution >= 0.6 is 12.4 Å². The van der Waals surface area contributed by atoms with E-state index in [-0.39, 0.29) is 30.4 Å². The van der Waals surface area contributed by atoms with Crippen molar-refractivity contribution < 1.29 is 18.4 Å². The molecule has 0 atom stereocenters. The summed E-state index contributed by atoms with van der Waals surface area (Å²) < 4.78 is 26.4. The standard InChI is InChI=1S/C17H21F2N5O2.ClH/c1-10-13(11(2)24(23-10)17(18)19)9-15(25)22-14-6-4-3-5-12(14)16(26)21-8-7-20;/h3-6,17H,7-9,20H2,1-2H3,(H,21,26)(H,22,25);1H. The van der Waals surface area contributed by atoms with Crippen LogP contribution in [-0.2, 0) is 11.2 Å². The molecule has 7 nitrogen and oxygen atoms in total. The Balaban J connectivity index is 0.00000364. The van der Waals surface area contributed by atoms with Crippen LogP contribution in [0, 0.1) is 13.8 Å². The van der Waals surface area contributed by atoms with Crippen molar-refractivity contribution in [3.05, 3.63) is 46.8 Å². The van der Waals surface area contributed by atoms with Gasteiger partial charge in [-0.3, -0.25) is 9.59 Å². The number of para-hydroxylation sites is 1. The number of rotatable bonds is 7. The third kappa shape index (κ3) is 5.48. The number of hydrogen-bond acceptors (Lipinski definition) is 4. The van der Waals surface area contributed by atoms with E-state index in [9.17, 15) is 18.4 Å². The van der Waals surface area contributed by atoms with Crippen molar-refractivity contribution in [2.75, 3.05) is 18.4 Å². The number of aryl methyl sites for hydroxylation is 1. The second kappa shape index (κ2) is 9.98. The van der Waals surface area contributed by atoms with E-state index in [1.54, 1.807) is 31.2 Å². The van der Waals surface area contributed by atoms with Gasteiger partial charge in [0.05, 0.1) is 23.4 Å². The van der Waals surface area contributed by atoms with Crippen molar-refractivity contribution in [1.82, 2.24) is 15.1 Å². The maximum Gasteiger partial charge on any atom is 0.333 e. The Morgan fingerprint density at radius 2 is 1.93 bits per heavy atom. The number of amides is 2. The van der Waals surface area contributed by atoms with Gasteiger partial charge < -0.3 is 16.4 Å². The molecule has 0 saturated heterocycles. The quantitative estimate of drug-likeness (QED) is 0.661. The fourth-order valence-electron chi connectivity index (χ4n) is 2.57. The Morgan fingerprint density at radius 1 is 1.26 bits per heavy atom. The maximum atomic E-state index is 12.9. The summed E-state index contributed by atoms with van der Waals surface area (Å²) in [5, 5.41) is 9.05. The van der Waals surface area contributed by atoms with Crippen molar-refractivity contribution in [3.8, 4) is 0 Å². The highest BCUT2D eigenvalue weighted by Crippen LogP contribution is 2.21. The minimum atomic E-state index is -2.77. The number of halogens is 3. The summed E-state index contributed by atoms with van der Waals surface area (Å²) in [6, 6.07) is 6.53. The zero-order valence-electron chi connectivity index (χ0n) is 15.0. The van der Waals surface area contributed by atoms with Gasteiger partial charge in [0.15, 0.2) is 0 Å². The molecule has 0 aliphatic carbocycles. The number of nitrogens with one attached hydrogen (secondary N) is 2. The lowest BCUT2D eigenvalue weighted by Gasteiger charge is -2.11. The number of hydrogen-bond donors (Lipinski definition) is 3. The molecule has 148 valence electrons. The number of nitrogens with zero attached hydrogens (tertiary/aromatic N) is 2. The second-order valence-electron chi connectivity index (χ2n) is 5.69. The van der Waals surface area contributed by atoms with E-state index in [0.717, 1.165) is 0 Å². The molecule has 2 rings (SSSR count). The zero-order valence-corrected chi connectivity index (χ0v) is 15.8. The summed E-state index contributed by atoms with van der Waals surface area (Å²) in [5.74, 6) is -0.784. The Hall–Kier alpha value is -2.52. The molecule has 2 aromatic rings. The number of carbonyl (C=O) groups is 2. The van der Waals surface area contributed by atoms with E-state index in [1.807, 2.05) is 0 Å². The molecule has 0 spiro atoms. The first-order valence-electron chi connectivity index (χ1n) is 8.05. The van der Waals surface area contributed by atoms with Crippen LogP contribution < -0.4 is 16.4 Å². The largest absolute Gasteiger partial charge is 0.351 e. The van der Waals surface area contributed by atoms with Crippen molar-refractivity contribution in [2.45, 2.75) is 26.8 Å². The van der Waals surface area contributed by atoms with Crippen LogP contribution in [0.4, 0.5) is 14.5 Å². The molecular formula is C17H22ClF2N5O2. The number of anilines is 1. The Kier molecular flexibility index (Phi) is 8.32. The number of nitrogens with two attached hydrogens (primary N) is 1. The first kappa shape index (κ1) is 22.5. The van der Waals surface area contributed by atoms with Crippen LogP contribution in [-0.4, -0.2) is 34.7 Å². The average molecular weight is 402 g/mol. The monoisotopic (exact) mass is 401 g/mol. The van der Waals surface area contributed by atoms with E-state index in [1.165, 1.54) is 6.92 Å². The first-order chi connectivity index (χ1) is 12.3. The van der Waals surface area contributed by atoms with Crippen molar-refractivity contribution in [2.24, 2.45) is 5.73 Å². The summed E-state index contributed by atoms with van der Waals surface area (Å²) in [6.45, 7) is 0.905. The maximum absolute atomic E-state index is 12.9. The van der Waals surface area contributed by atoms with Gasteiger partial charge >= 0.3 is 6.55 Å². The lowest BCUT2D eigenvalue weighted by Crippen LogP contribution is -2.30. The smallest absolute Gasteiger partial charge is 0.333 e. The average Bonchev–Trinajstić information content (AvgIpc) is 2.88. The Morgan fingerprint density at radius 3 is 2.52 bits per heavy atom. The molecule has 1 aromatic heterocycles. The third-order valence-corrected chi connectivity index (χ3v) is 3.87. The van der Waals surface area contributed by atoms with E-state index < -0.39 is 12.5 Å². The van der Waals surface area contributed by atoms with E-state index in [0.29, 0.717) is 40.3 Å². The molecule has 0 aliphatic rings. The Bertz CT molecular complexity index is 811. The highest BCUT2D eigenvalue weighted by atomic mass is 35.5. The molecule has 0 aliphatic heterocycles. The normalized spacial score (nSPS) is 10.4. The number of carbonyl (C=O) groups excluding carboxylic acids is 2. The second-order valence-corrected chi connectivity index (χ2v) is 5.69. The fraction of sp³-hybridized carbons (Fsp3) is 0.353. The first-order valence-corrected chi connectivity index (χ1v) is 8.05. The SMILES string of the molecule is Cc1nn(C(F)F)c(C)c1CC(=O)Nc1ccccc1C(=O)NCCN.Cl. The van der Waals surface area contributed by atoms with Gasteiger partial charge in [0.2, 0.25) is 5.91 Å². The summed E-state index contributed by atoms with van der Waals surface area (Å²) >= 11 is 0. The number of alkyl halides is 2. The highest BCUT2D eigenvalue weighted by molar-refractivity contribution is 6.04. The Labute approximate surface area is 161 Å². The molecule has 0 radical (unpaired) electrons. The van der Waals surface area contributed by atoms with Crippen LogP contribution in [0.5, 0.6) is 0 Å². The number of benzene rings is 1. The summed E-state index contributed by atoms with van der Waals surface area (Å²) in [4.78, 5) is 24.5. The van der Waals surface area contributed by atoms with Crippen LogP contribution in [0.2, 0.25) is 0 Å². The van der Waals surface area contributed by atoms with Crippen molar-refractivity contribution in [1.29, 1.82) is 0 Å². The minimum absolute atomic E-state index is 0. The molecule has 1 aromatic carbocycles. The van der Waals surface area contributed by atoms with E-state index in [4.69, 9.17) is 5.73 Å². The van der Waals surface area contributed by atoms with Crippen LogP contribution in [0.1, 0.15) is 33.9 Å². The van der Waals surface area contributed by atoms with Crippen molar-refractivity contribution >= 4 is 29.9 Å². The van der Waals surface area contributed by atoms with Crippen molar-refractivity contribution in [3.63, 3.8) is 0 Å². The molecule has 4 N–H and O–H groups in total. The van der Waals surface area contributed by atoms with Crippen LogP contribution in [0.25, 0.3) is 0 Å². The molecular weight excluding hydrogens is 380 g/mol. The molecule has 0 saturated carbocycles. The van der Waals surface area contributed by atoms with Gasteiger partial charge in [-0.2, -0.15) is 13.9 Å². The molecule has 0 bridgehead atoms. The lowest BCUT2D eigenvalue weighted by molar-refractivity contribution is -0.115. The van der Waals surface area contributed by atoms with E-state index in [2.05, 4.69) is 15.7 Å². The molecule has 2 amide bonds. The summed E-state index contributed by atoms with van der Waals surface area (Å²) in [7, 11) is 0. The molecule has 0 fully saturated rings.